The molecule has 0 saturated carbocycles. The maximum atomic E-state index is 8.64. The van der Waals surface area contributed by atoms with Gasteiger partial charge in [-0.1, -0.05) is 133 Å². The molecule has 0 fully saturated rings. The van der Waals surface area contributed by atoms with Crippen LogP contribution in [0.5, 0.6) is 0 Å². The first-order valence-electron chi connectivity index (χ1n) is 14.8. The van der Waals surface area contributed by atoms with E-state index in [0.717, 1.165) is 55.3 Å². The largest absolute Gasteiger partial charge is 0.309 e. The minimum absolute atomic E-state index is 0.516. The molecule has 0 amide bonds. The quantitative estimate of drug-likeness (QED) is 0.214. The van der Waals surface area contributed by atoms with Gasteiger partial charge in [-0.25, -0.2) is 15.0 Å². The van der Waals surface area contributed by atoms with Crippen LogP contribution < -0.4 is 0 Å². The molecule has 0 spiro atoms. The van der Waals surface area contributed by atoms with E-state index in [9.17, 15) is 0 Å². The standard InChI is InChI=1S/C39H26N4/c1-3-11-29(12-4-1)37-40-38(30-13-5-2-6-14-30)42-39(41-37)31-21-19-27(20-22-31)28-23-25-32(26-24-28)43-35-17-9-7-15-33(35)34-16-8-10-18-36(34)43/h1-26H/i17D. The number of nitrogens with zero attached hydrogens (tertiary/aromatic N) is 4. The zero-order valence-corrected chi connectivity index (χ0v) is 23.2. The van der Waals surface area contributed by atoms with Gasteiger partial charge in [0.2, 0.25) is 0 Å². The minimum Gasteiger partial charge on any atom is -0.309 e. The molecule has 8 rings (SSSR count). The van der Waals surface area contributed by atoms with E-state index in [1.165, 1.54) is 0 Å². The van der Waals surface area contributed by atoms with Crippen LogP contribution in [0.3, 0.4) is 0 Å². The average Bonchev–Trinajstić information content (AvgIpc) is 3.45. The fraction of sp³-hybridized carbons (Fsp3) is 0. The van der Waals surface area contributed by atoms with Crippen LogP contribution in [0, 0.1) is 0 Å². The molecule has 2 aromatic heterocycles. The van der Waals surface area contributed by atoms with Crippen LogP contribution in [0.2, 0.25) is 0 Å². The van der Waals surface area contributed by atoms with Gasteiger partial charge in [0.05, 0.1) is 12.4 Å². The summed E-state index contributed by atoms with van der Waals surface area (Å²) in [7, 11) is 0. The maximum Gasteiger partial charge on any atom is 0.164 e. The smallest absolute Gasteiger partial charge is 0.164 e. The molecule has 0 unspecified atom stereocenters. The number of para-hydroxylation sites is 2. The molecule has 0 saturated heterocycles. The van der Waals surface area contributed by atoms with Gasteiger partial charge in [0, 0.05) is 33.2 Å². The summed E-state index contributed by atoms with van der Waals surface area (Å²) in [6, 6.07) is 51.7. The number of aromatic nitrogens is 4. The normalized spacial score (nSPS) is 11.6. The fourth-order valence-corrected chi connectivity index (χ4v) is 5.67. The topological polar surface area (TPSA) is 43.6 Å². The first-order chi connectivity index (χ1) is 21.7. The monoisotopic (exact) mass is 551 g/mol. The van der Waals surface area contributed by atoms with Crippen LogP contribution in [-0.2, 0) is 0 Å². The van der Waals surface area contributed by atoms with Crippen molar-refractivity contribution in [2.75, 3.05) is 0 Å². The summed E-state index contributed by atoms with van der Waals surface area (Å²) in [6.07, 6.45) is 0. The molecule has 0 atom stereocenters. The summed E-state index contributed by atoms with van der Waals surface area (Å²) in [5, 5.41) is 2.25. The van der Waals surface area contributed by atoms with Crippen molar-refractivity contribution in [1.82, 2.24) is 19.5 Å². The van der Waals surface area contributed by atoms with Crippen LogP contribution in [0.15, 0.2) is 158 Å². The summed E-state index contributed by atoms with van der Waals surface area (Å²) in [4.78, 5) is 14.5. The van der Waals surface area contributed by atoms with E-state index < -0.39 is 0 Å². The Morgan fingerprint density at radius 2 is 0.791 bits per heavy atom. The Morgan fingerprint density at radius 3 is 1.37 bits per heavy atom. The Kier molecular flexibility index (Phi) is 5.82. The van der Waals surface area contributed by atoms with Crippen LogP contribution in [0.25, 0.3) is 72.8 Å². The van der Waals surface area contributed by atoms with E-state index in [-0.39, 0.29) is 0 Å². The maximum absolute atomic E-state index is 8.64. The van der Waals surface area contributed by atoms with Gasteiger partial charge < -0.3 is 4.57 Å². The predicted molar refractivity (Wildman–Crippen MR) is 176 cm³/mol. The van der Waals surface area contributed by atoms with Crippen LogP contribution in [-0.4, -0.2) is 19.5 Å². The zero-order valence-electron chi connectivity index (χ0n) is 24.2. The molecular formula is C39H26N4. The number of hydrogen-bond acceptors (Lipinski definition) is 3. The third-order valence-corrected chi connectivity index (χ3v) is 7.79. The molecule has 0 N–H and O–H groups in total. The molecule has 2 heterocycles. The highest BCUT2D eigenvalue weighted by Gasteiger charge is 2.13. The third kappa shape index (κ3) is 4.55. The van der Waals surface area contributed by atoms with Crippen LogP contribution in [0.1, 0.15) is 1.37 Å². The Hall–Kier alpha value is -5.87. The predicted octanol–water partition coefficient (Wildman–Crippen LogP) is 9.64. The van der Waals surface area contributed by atoms with Gasteiger partial charge in [0.1, 0.15) is 0 Å². The first kappa shape index (κ1) is 23.8. The fourth-order valence-electron chi connectivity index (χ4n) is 5.67. The van der Waals surface area contributed by atoms with Gasteiger partial charge in [-0.2, -0.15) is 0 Å². The lowest BCUT2D eigenvalue weighted by Crippen LogP contribution is -2.00. The van der Waals surface area contributed by atoms with Gasteiger partial charge in [-0.15, -0.1) is 0 Å². The highest BCUT2D eigenvalue weighted by Crippen LogP contribution is 2.33. The Balaban J connectivity index is 1.15. The SMILES string of the molecule is [2H]c1cccc2c3ccccc3n(-c3ccc(-c4ccc(-c5nc(-c6ccccc6)nc(-c6ccccc6)n5)cc4)cc3)c12. The highest BCUT2D eigenvalue weighted by atomic mass is 15.0. The Labute approximate surface area is 251 Å². The lowest BCUT2D eigenvalue weighted by atomic mass is 10.0. The average molecular weight is 552 g/mol. The van der Waals surface area contributed by atoms with Crippen LogP contribution in [0.4, 0.5) is 0 Å². The number of hydrogen-bond donors (Lipinski definition) is 0. The molecule has 0 aliphatic carbocycles. The molecule has 202 valence electrons. The van der Waals surface area contributed by atoms with Crippen molar-refractivity contribution in [2.45, 2.75) is 0 Å². The summed E-state index contributed by atoms with van der Waals surface area (Å²) in [6.45, 7) is 0. The molecule has 0 radical (unpaired) electrons. The van der Waals surface area contributed by atoms with Crippen molar-refractivity contribution in [3.05, 3.63) is 158 Å². The number of rotatable bonds is 5. The van der Waals surface area contributed by atoms with Gasteiger partial charge in [-0.3, -0.25) is 0 Å². The Morgan fingerprint density at radius 1 is 0.372 bits per heavy atom. The molecule has 0 aliphatic heterocycles. The second-order valence-corrected chi connectivity index (χ2v) is 10.4. The van der Waals surface area contributed by atoms with E-state index in [1.807, 2.05) is 72.8 Å². The van der Waals surface area contributed by atoms with Crippen molar-refractivity contribution in [3.8, 4) is 51.0 Å². The number of fused-ring (bicyclic) bond motifs is 3. The van der Waals surface area contributed by atoms with E-state index in [4.69, 9.17) is 16.3 Å². The van der Waals surface area contributed by atoms with Crippen molar-refractivity contribution < 1.29 is 1.37 Å². The molecule has 43 heavy (non-hydrogen) atoms. The highest BCUT2D eigenvalue weighted by molar-refractivity contribution is 6.09. The molecule has 0 bridgehead atoms. The van der Waals surface area contributed by atoms with Crippen molar-refractivity contribution in [3.63, 3.8) is 0 Å². The summed E-state index contributed by atoms with van der Waals surface area (Å²) in [5.74, 6) is 1.93. The van der Waals surface area contributed by atoms with Gasteiger partial charge in [0.25, 0.3) is 0 Å². The van der Waals surface area contributed by atoms with E-state index in [0.29, 0.717) is 23.5 Å². The Bertz CT molecular complexity index is 2200. The van der Waals surface area contributed by atoms with Gasteiger partial charge in [0.15, 0.2) is 17.5 Å². The zero-order chi connectivity index (χ0) is 29.5. The molecule has 8 aromatic rings. The third-order valence-electron chi connectivity index (χ3n) is 7.79. The molecule has 4 nitrogen and oxygen atoms in total. The first-order valence-corrected chi connectivity index (χ1v) is 14.3. The summed E-state index contributed by atoms with van der Waals surface area (Å²) in [5.41, 5.74) is 8.09. The minimum atomic E-state index is 0.516. The molecule has 0 aliphatic rings. The summed E-state index contributed by atoms with van der Waals surface area (Å²) >= 11 is 0. The van der Waals surface area contributed by atoms with E-state index in [2.05, 4.69) is 83.4 Å². The van der Waals surface area contributed by atoms with Crippen molar-refractivity contribution in [2.24, 2.45) is 0 Å². The van der Waals surface area contributed by atoms with Crippen LogP contribution >= 0.6 is 0 Å². The summed E-state index contributed by atoms with van der Waals surface area (Å²) < 4.78 is 10.8. The van der Waals surface area contributed by atoms with Gasteiger partial charge in [-0.05, 0) is 35.4 Å². The van der Waals surface area contributed by atoms with Crippen molar-refractivity contribution >= 4 is 21.8 Å². The molecular weight excluding hydrogens is 524 g/mol. The second-order valence-electron chi connectivity index (χ2n) is 10.4. The van der Waals surface area contributed by atoms with Crippen molar-refractivity contribution in [1.29, 1.82) is 0 Å². The lowest BCUT2D eigenvalue weighted by molar-refractivity contribution is 1.07. The van der Waals surface area contributed by atoms with E-state index in [1.54, 1.807) is 0 Å². The second kappa shape index (κ2) is 10.5. The number of benzene rings is 6. The lowest BCUT2D eigenvalue weighted by Gasteiger charge is -2.10. The molecule has 4 heteroatoms. The molecule has 6 aromatic carbocycles. The van der Waals surface area contributed by atoms with E-state index >= 15 is 0 Å². The van der Waals surface area contributed by atoms with Gasteiger partial charge >= 0.3 is 0 Å².